The third-order valence-electron chi connectivity index (χ3n) is 9.26. The van der Waals surface area contributed by atoms with Crippen molar-refractivity contribution in [1.29, 1.82) is 0 Å². The van der Waals surface area contributed by atoms with Crippen LogP contribution in [0, 0.1) is 0 Å². The Balaban J connectivity index is 1.13. The molecule has 0 atom stereocenters. The predicted octanol–water partition coefficient (Wildman–Crippen LogP) is 12.3. The second-order valence-corrected chi connectivity index (χ2v) is 12.0. The van der Waals surface area contributed by atoms with Crippen LogP contribution >= 0.6 is 0 Å². The minimum Gasteiger partial charge on any atom is -0.456 e. The summed E-state index contributed by atoms with van der Waals surface area (Å²) < 4.78 is 12.7. The zero-order chi connectivity index (χ0) is 30.9. The van der Waals surface area contributed by atoms with Gasteiger partial charge in [0.25, 0.3) is 0 Å². The molecule has 4 heteroatoms. The molecule has 0 aliphatic carbocycles. The van der Waals surface area contributed by atoms with Crippen LogP contribution in [0.2, 0.25) is 0 Å². The van der Waals surface area contributed by atoms with Crippen LogP contribution in [0.1, 0.15) is 0 Å². The first kappa shape index (κ1) is 25.9. The standard InChI is InChI=1S/C43H26N2O2/c1-2-10-29(11-3-1)45(30-19-23-33-28(25-30)18-22-34-32-12-5-4-9-27(32)17-21-35(33)34)31-20-24-36-41(26-31)46-40-16-8-13-37(42(36)40)43-44-38-14-6-7-15-39(38)47-43/h1-26H. The topological polar surface area (TPSA) is 42.4 Å². The second kappa shape index (κ2) is 10.1. The Labute approximate surface area is 269 Å². The molecule has 220 valence electrons. The van der Waals surface area contributed by atoms with Gasteiger partial charge in [0.1, 0.15) is 16.7 Å². The monoisotopic (exact) mass is 602 g/mol. The van der Waals surface area contributed by atoms with Gasteiger partial charge < -0.3 is 13.7 Å². The molecule has 0 amide bonds. The molecule has 0 N–H and O–H groups in total. The highest BCUT2D eigenvalue weighted by Crippen LogP contribution is 2.42. The number of furan rings is 1. The Hall–Kier alpha value is -6.39. The molecule has 2 aromatic heterocycles. The molecule has 10 rings (SSSR count). The first-order valence-electron chi connectivity index (χ1n) is 15.8. The summed E-state index contributed by atoms with van der Waals surface area (Å²) in [4.78, 5) is 7.08. The summed E-state index contributed by atoms with van der Waals surface area (Å²) in [6.07, 6.45) is 0. The number of hydrogen-bond donors (Lipinski definition) is 0. The first-order chi connectivity index (χ1) is 23.3. The smallest absolute Gasteiger partial charge is 0.228 e. The van der Waals surface area contributed by atoms with E-state index < -0.39 is 0 Å². The molecule has 0 radical (unpaired) electrons. The van der Waals surface area contributed by atoms with E-state index >= 15 is 0 Å². The average molecular weight is 603 g/mol. The molecular formula is C43H26N2O2. The molecule has 0 spiro atoms. The van der Waals surface area contributed by atoms with Gasteiger partial charge in [0.05, 0.1) is 0 Å². The number of aromatic nitrogens is 1. The normalized spacial score (nSPS) is 11.8. The van der Waals surface area contributed by atoms with Gasteiger partial charge in [0.15, 0.2) is 5.58 Å². The average Bonchev–Trinajstić information content (AvgIpc) is 3.73. The van der Waals surface area contributed by atoms with Gasteiger partial charge in [-0.1, -0.05) is 91.0 Å². The van der Waals surface area contributed by atoms with Crippen molar-refractivity contribution in [3.63, 3.8) is 0 Å². The van der Waals surface area contributed by atoms with Gasteiger partial charge in [-0.15, -0.1) is 0 Å². The van der Waals surface area contributed by atoms with Crippen molar-refractivity contribution < 1.29 is 8.83 Å². The molecule has 4 nitrogen and oxygen atoms in total. The summed E-state index contributed by atoms with van der Waals surface area (Å²) in [5.74, 6) is 0.589. The van der Waals surface area contributed by atoms with E-state index in [1.165, 1.54) is 32.3 Å². The molecule has 0 bridgehead atoms. The van der Waals surface area contributed by atoms with Crippen LogP contribution in [0.3, 0.4) is 0 Å². The van der Waals surface area contributed by atoms with Gasteiger partial charge in [-0.25, -0.2) is 4.98 Å². The zero-order valence-electron chi connectivity index (χ0n) is 25.2. The van der Waals surface area contributed by atoms with E-state index in [4.69, 9.17) is 13.8 Å². The Morgan fingerprint density at radius 1 is 0.404 bits per heavy atom. The fraction of sp³-hybridized carbons (Fsp3) is 0. The largest absolute Gasteiger partial charge is 0.456 e. The van der Waals surface area contributed by atoms with Gasteiger partial charge in [-0.3, -0.25) is 0 Å². The summed E-state index contributed by atoms with van der Waals surface area (Å²) in [5.41, 5.74) is 7.29. The number of anilines is 3. The van der Waals surface area contributed by atoms with Crippen LogP contribution in [-0.4, -0.2) is 4.98 Å². The minimum absolute atomic E-state index is 0.589. The van der Waals surface area contributed by atoms with Gasteiger partial charge in [-0.05, 0) is 93.0 Å². The lowest BCUT2D eigenvalue weighted by Gasteiger charge is -2.26. The number of fused-ring (bicyclic) bond motifs is 9. The summed E-state index contributed by atoms with van der Waals surface area (Å²) in [5, 5.41) is 9.52. The zero-order valence-corrected chi connectivity index (χ0v) is 25.2. The summed E-state index contributed by atoms with van der Waals surface area (Å²) >= 11 is 0. The molecule has 0 unspecified atom stereocenters. The number of rotatable bonds is 4. The molecule has 0 aliphatic heterocycles. The Kier molecular flexibility index (Phi) is 5.54. The highest BCUT2D eigenvalue weighted by atomic mass is 16.3. The third-order valence-corrected chi connectivity index (χ3v) is 9.26. The quantitative estimate of drug-likeness (QED) is 0.188. The highest BCUT2D eigenvalue weighted by Gasteiger charge is 2.19. The van der Waals surface area contributed by atoms with Gasteiger partial charge in [0.2, 0.25) is 5.89 Å². The van der Waals surface area contributed by atoms with E-state index in [-0.39, 0.29) is 0 Å². The van der Waals surface area contributed by atoms with E-state index in [0.717, 1.165) is 55.7 Å². The van der Waals surface area contributed by atoms with Crippen LogP contribution in [0.25, 0.3) is 76.8 Å². The maximum Gasteiger partial charge on any atom is 0.228 e. The van der Waals surface area contributed by atoms with Crippen molar-refractivity contribution in [2.75, 3.05) is 4.90 Å². The van der Waals surface area contributed by atoms with Crippen LogP contribution < -0.4 is 4.90 Å². The summed E-state index contributed by atoms with van der Waals surface area (Å²) in [6, 6.07) is 55.2. The molecule has 2 heterocycles. The third kappa shape index (κ3) is 4.05. The Morgan fingerprint density at radius 3 is 1.96 bits per heavy atom. The maximum absolute atomic E-state index is 6.51. The van der Waals surface area contributed by atoms with Crippen molar-refractivity contribution >= 4 is 82.4 Å². The first-order valence-corrected chi connectivity index (χ1v) is 15.8. The van der Waals surface area contributed by atoms with Crippen molar-refractivity contribution in [1.82, 2.24) is 4.98 Å². The predicted molar refractivity (Wildman–Crippen MR) is 194 cm³/mol. The van der Waals surface area contributed by atoms with Crippen LogP contribution in [0.5, 0.6) is 0 Å². The van der Waals surface area contributed by atoms with Crippen molar-refractivity contribution in [3.8, 4) is 11.5 Å². The molecule has 0 saturated heterocycles. The molecule has 0 fully saturated rings. The van der Waals surface area contributed by atoms with Gasteiger partial charge in [0, 0.05) is 39.5 Å². The molecule has 0 saturated carbocycles. The van der Waals surface area contributed by atoms with E-state index in [1.807, 2.05) is 42.5 Å². The highest BCUT2D eigenvalue weighted by molar-refractivity contribution is 6.18. The number of benzene rings is 8. The van der Waals surface area contributed by atoms with E-state index in [9.17, 15) is 0 Å². The van der Waals surface area contributed by atoms with Crippen molar-refractivity contribution in [3.05, 3.63) is 158 Å². The number of para-hydroxylation sites is 3. The SMILES string of the molecule is c1ccc(N(c2ccc3c(ccc4c5ccccc5ccc34)c2)c2ccc3c(c2)oc2cccc(-c4nc5ccccc5o4)c23)cc1. The minimum atomic E-state index is 0.589. The fourth-order valence-corrected chi connectivity index (χ4v) is 7.10. The molecular weight excluding hydrogens is 576 g/mol. The van der Waals surface area contributed by atoms with Gasteiger partial charge in [-0.2, -0.15) is 0 Å². The van der Waals surface area contributed by atoms with Gasteiger partial charge >= 0.3 is 0 Å². The lowest BCUT2D eigenvalue weighted by molar-refractivity contribution is 0.620. The number of oxazole rings is 1. The van der Waals surface area contributed by atoms with Crippen molar-refractivity contribution in [2.45, 2.75) is 0 Å². The molecule has 47 heavy (non-hydrogen) atoms. The lowest BCUT2D eigenvalue weighted by Crippen LogP contribution is -2.09. The Bertz CT molecular complexity index is 2780. The second-order valence-electron chi connectivity index (χ2n) is 12.0. The van der Waals surface area contributed by atoms with E-state index in [1.54, 1.807) is 0 Å². The van der Waals surface area contributed by atoms with E-state index in [2.05, 4.69) is 120 Å². The number of nitrogens with zero attached hydrogens (tertiary/aromatic N) is 2. The van der Waals surface area contributed by atoms with Crippen LogP contribution in [0.4, 0.5) is 17.1 Å². The molecule has 10 aromatic rings. The lowest BCUT2D eigenvalue weighted by atomic mass is 9.96. The summed E-state index contributed by atoms with van der Waals surface area (Å²) in [7, 11) is 0. The Morgan fingerprint density at radius 2 is 1.09 bits per heavy atom. The van der Waals surface area contributed by atoms with Crippen LogP contribution in [-0.2, 0) is 0 Å². The van der Waals surface area contributed by atoms with E-state index in [0.29, 0.717) is 5.89 Å². The molecule has 0 aliphatic rings. The maximum atomic E-state index is 6.51. The fourth-order valence-electron chi connectivity index (χ4n) is 7.10. The molecule has 8 aromatic carbocycles. The van der Waals surface area contributed by atoms with Crippen LogP contribution in [0.15, 0.2) is 167 Å². The number of hydrogen-bond acceptors (Lipinski definition) is 4. The summed E-state index contributed by atoms with van der Waals surface area (Å²) in [6.45, 7) is 0. The van der Waals surface area contributed by atoms with Crippen molar-refractivity contribution in [2.24, 2.45) is 0 Å².